The first-order chi connectivity index (χ1) is 9.32. The van der Waals surface area contributed by atoms with Gasteiger partial charge in [0.1, 0.15) is 5.82 Å². The highest BCUT2D eigenvalue weighted by Crippen LogP contribution is 2.37. The lowest BCUT2D eigenvalue weighted by Gasteiger charge is -2.32. The van der Waals surface area contributed by atoms with Gasteiger partial charge in [0, 0.05) is 30.7 Å². The van der Waals surface area contributed by atoms with E-state index in [9.17, 15) is 4.39 Å². The number of halogens is 1. The van der Waals surface area contributed by atoms with Crippen LogP contribution in [0.5, 0.6) is 0 Å². The van der Waals surface area contributed by atoms with Gasteiger partial charge in [0.15, 0.2) is 0 Å². The number of rotatable bonds is 2. The third-order valence-electron chi connectivity index (χ3n) is 4.68. The molecule has 0 bridgehead atoms. The molecule has 108 valence electrons. The number of hydrogen-bond acceptors (Lipinski definition) is 4. The van der Waals surface area contributed by atoms with E-state index in [0.717, 1.165) is 18.7 Å². The van der Waals surface area contributed by atoms with E-state index in [0.29, 0.717) is 5.46 Å². The summed E-state index contributed by atoms with van der Waals surface area (Å²) in [4.78, 5) is 3.98. The van der Waals surface area contributed by atoms with Crippen molar-refractivity contribution in [2.75, 3.05) is 13.1 Å². The third-order valence-corrected chi connectivity index (χ3v) is 4.68. The van der Waals surface area contributed by atoms with E-state index in [2.05, 4.69) is 10.3 Å². The van der Waals surface area contributed by atoms with Crippen molar-refractivity contribution < 1.29 is 13.7 Å². The van der Waals surface area contributed by atoms with E-state index in [1.807, 2.05) is 27.7 Å². The summed E-state index contributed by atoms with van der Waals surface area (Å²) in [7, 11) is -0.668. The molecule has 0 spiro atoms. The molecule has 2 aliphatic rings. The van der Waals surface area contributed by atoms with Crippen LogP contribution in [-0.2, 0) is 9.31 Å². The molecule has 0 saturated carbocycles. The lowest BCUT2D eigenvalue weighted by atomic mass is 9.72. The van der Waals surface area contributed by atoms with Crippen LogP contribution < -0.4 is 10.8 Å². The van der Waals surface area contributed by atoms with Crippen molar-refractivity contribution in [1.82, 2.24) is 10.3 Å². The number of pyridine rings is 1. The molecule has 0 amide bonds. The Kier molecular flexibility index (Phi) is 3.16. The van der Waals surface area contributed by atoms with Gasteiger partial charge in [0.05, 0.1) is 17.4 Å². The summed E-state index contributed by atoms with van der Waals surface area (Å²) < 4.78 is 26.2. The van der Waals surface area contributed by atoms with E-state index < -0.39 is 18.3 Å². The molecule has 2 aliphatic heterocycles. The van der Waals surface area contributed by atoms with Crippen molar-refractivity contribution in [3.63, 3.8) is 0 Å². The highest BCUT2D eigenvalue weighted by Gasteiger charge is 2.53. The minimum absolute atomic E-state index is 0.284. The van der Waals surface area contributed by atoms with Gasteiger partial charge in [0.2, 0.25) is 0 Å². The molecule has 3 heterocycles. The maximum absolute atomic E-state index is 14.3. The summed E-state index contributed by atoms with van der Waals surface area (Å²) >= 11 is 0. The Morgan fingerprint density at radius 3 is 2.30 bits per heavy atom. The van der Waals surface area contributed by atoms with Crippen molar-refractivity contribution in [3.8, 4) is 0 Å². The van der Waals surface area contributed by atoms with Crippen molar-refractivity contribution in [3.05, 3.63) is 23.8 Å². The SMILES string of the molecule is CC1(C)OB(c2c(F)cncc2C2CNC2)OC1(C)C. The van der Waals surface area contributed by atoms with Gasteiger partial charge in [-0.15, -0.1) is 0 Å². The molecule has 6 heteroatoms. The van der Waals surface area contributed by atoms with Crippen LogP contribution in [0.1, 0.15) is 39.2 Å². The van der Waals surface area contributed by atoms with E-state index in [4.69, 9.17) is 9.31 Å². The lowest BCUT2D eigenvalue weighted by Crippen LogP contribution is -2.47. The van der Waals surface area contributed by atoms with Crippen LogP contribution in [0.2, 0.25) is 0 Å². The van der Waals surface area contributed by atoms with Gasteiger partial charge in [0.25, 0.3) is 0 Å². The molecular weight excluding hydrogens is 258 g/mol. The van der Waals surface area contributed by atoms with Gasteiger partial charge in [-0.1, -0.05) is 0 Å². The van der Waals surface area contributed by atoms with Crippen LogP contribution in [0.3, 0.4) is 0 Å². The Morgan fingerprint density at radius 2 is 1.80 bits per heavy atom. The second kappa shape index (κ2) is 4.51. The molecular formula is C14H20BFN2O2. The topological polar surface area (TPSA) is 43.4 Å². The van der Waals surface area contributed by atoms with Gasteiger partial charge < -0.3 is 14.6 Å². The van der Waals surface area contributed by atoms with Crippen molar-refractivity contribution in [1.29, 1.82) is 0 Å². The Labute approximate surface area is 119 Å². The van der Waals surface area contributed by atoms with Gasteiger partial charge >= 0.3 is 7.12 Å². The molecule has 1 N–H and O–H groups in total. The van der Waals surface area contributed by atoms with Crippen LogP contribution in [0.25, 0.3) is 0 Å². The average Bonchev–Trinajstić information content (AvgIpc) is 2.45. The smallest absolute Gasteiger partial charge is 0.399 e. The molecule has 1 aromatic rings. The molecule has 0 aromatic carbocycles. The molecule has 0 radical (unpaired) electrons. The van der Waals surface area contributed by atoms with Crippen LogP contribution >= 0.6 is 0 Å². The van der Waals surface area contributed by atoms with Crippen LogP contribution in [-0.4, -0.2) is 36.4 Å². The van der Waals surface area contributed by atoms with E-state index in [1.165, 1.54) is 6.20 Å². The molecule has 20 heavy (non-hydrogen) atoms. The molecule has 0 atom stereocenters. The van der Waals surface area contributed by atoms with E-state index >= 15 is 0 Å². The first-order valence-corrected chi connectivity index (χ1v) is 7.01. The number of hydrogen-bond donors (Lipinski definition) is 1. The Bertz CT molecular complexity index is 516. The second-order valence-electron chi connectivity index (χ2n) is 6.57. The monoisotopic (exact) mass is 278 g/mol. The van der Waals surface area contributed by atoms with Crippen molar-refractivity contribution in [2.45, 2.75) is 44.8 Å². The highest BCUT2D eigenvalue weighted by molar-refractivity contribution is 6.62. The summed E-state index contributed by atoms with van der Waals surface area (Å²) in [5, 5.41) is 3.20. The normalized spacial score (nSPS) is 24.8. The maximum Gasteiger partial charge on any atom is 0.498 e. The molecule has 2 saturated heterocycles. The van der Waals surface area contributed by atoms with Crippen molar-refractivity contribution >= 4 is 12.6 Å². The van der Waals surface area contributed by atoms with Crippen molar-refractivity contribution in [2.24, 2.45) is 0 Å². The minimum Gasteiger partial charge on any atom is -0.399 e. The fourth-order valence-electron chi connectivity index (χ4n) is 2.50. The lowest BCUT2D eigenvalue weighted by molar-refractivity contribution is 0.00578. The molecule has 2 fully saturated rings. The second-order valence-corrected chi connectivity index (χ2v) is 6.57. The Balaban J connectivity index is 1.99. The van der Waals surface area contributed by atoms with Crippen LogP contribution in [0.4, 0.5) is 4.39 Å². The van der Waals surface area contributed by atoms with Gasteiger partial charge in [-0.05, 0) is 33.3 Å². The summed E-state index contributed by atoms with van der Waals surface area (Å²) in [5.41, 5.74) is 0.456. The van der Waals surface area contributed by atoms with E-state index in [1.54, 1.807) is 6.20 Å². The first-order valence-electron chi connectivity index (χ1n) is 7.01. The Morgan fingerprint density at radius 1 is 1.20 bits per heavy atom. The van der Waals surface area contributed by atoms with Gasteiger partial charge in [-0.3, -0.25) is 4.98 Å². The maximum atomic E-state index is 14.3. The highest BCUT2D eigenvalue weighted by atomic mass is 19.1. The number of nitrogens with one attached hydrogen (secondary N) is 1. The predicted octanol–water partition coefficient (Wildman–Crippen LogP) is 1.21. The molecule has 1 aromatic heterocycles. The Hall–Kier alpha value is -0.975. The summed E-state index contributed by atoms with van der Waals surface area (Å²) in [6.07, 6.45) is 2.96. The number of nitrogens with zero attached hydrogens (tertiary/aromatic N) is 1. The van der Waals surface area contributed by atoms with Crippen LogP contribution in [0, 0.1) is 5.82 Å². The zero-order valence-electron chi connectivity index (χ0n) is 12.4. The predicted molar refractivity (Wildman–Crippen MR) is 75.5 cm³/mol. The molecule has 4 nitrogen and oxygen atoms in total. The van der Waals surface area contributed by atoms with Gasteiger partial charge in [-0.25, -0.2) is 4.39 Å². The molecule has 0 aliphatic carbocycles. The quantitative estimate of drug-likeness (QED) is 0.826. The summed E-state index contributed by atoms with van der Waals surface area (Å²) in [6.45, 7) is 9.57. The van der Waals surface area contributed by atoms with Gasteiger partial charge in [-0.2, -0.15) is 0 Å². The number of aromatic nitrogens is 1. The van der Waals surface area contributed by atoms with Crippen LogP contribution in [0.15, 0.2) is 12.4 Å². The third kappa shape index (κ3) is 2.06. The summed E-state index contributed by atoms with van der Waals surface area (Å²) in [6, 6.07) is 0. The molecule has 3 rings (SSSR count). The van der Waals surface area contributed by atoms with E-state index in [-0.39, 0.29) is 11.7 Å². The zero-order chi connectivity index (χ0) is 14.5. The zero-order valence-corrected chi connectivity index (χ0v) is 12.4. The standard InChI is InChI=1S/C14H20BFN2O2/c1-13(2)14(3,4)20-15(19-13)12-10(9-5-17-6-9)7-18-8-11(12)16/h7-9,17H,5-6H2,1-4H3. The fraction of sp³-hybridized carbons (Fsp3) is 0.643. The largest absolute Gasteiger partial charge is 0.498 e. The fourth-order valence-corrected chi connectivity index (χ4v) is 2.50. The average molecular weight is 278 g/mol. The molecule has 0 unspecified atom stereocenters. The first kappa shape index (κ1) is 14.0. The summed E-state index contributed by atoms with van der Waals surface area (Å²) in [5.74, 6) is -0.0693. The minimum atomic E-state index is -0.668.